The Labute approximate surface area is 269 Å². The van der Waals surface area contributed by atoms with E-state index in [0.29, 0.717) is 12.8 Å². The van der Waals surface area contributed by atoms with Crippen molar-refractivity contribution < 1.29 is 19.1 Å². The van der Waals surface area contributed by atoms with Crippen molar-refractivity contribution in [1.82, 2.24) is 0 Å². The van der Waals surface area contributed by atoms with Crippen molar-refractivity contribution in [3.63, 3.8) is 0 Å². The molecule has 0 rings (SSSR count). The van der Waals surface area contributed by atoms with Gasteiger partial charge in [-0.3, -0.25) is 9.59 Å². The maximum Gasteiger partial charge on any atom is 0.306 e. The Morgan fingerprint density at radius 1 is 0.395 bits per heavy atom. The van der Waals surface area contributed by atoms with Gasteiger partial charge in [-0.15, -0.1) is 0 Å². The highest BCUT2D eigenvalue weighted by molar-refractivity contribution is 5.70. The Balaban J connectivity index is 3.38. The Morgan fingerprint density at radius 3 is 0.953 bits per heavy atom. The molecule has 0 spiro atoms. The topological polar surface area (TPSA) is 52.6 Å². The molecule has 0 bridgehead atoms. The average molecular weight is 609 g/mol. The fraction of sp³-hybridized carbons (Fsp3) is 0.949. The molecule has 0 aliphatic carbocycles. The van der Waals surface area contributed by atoms with E-state index in [1.165, 1.54) is 167 Å². The van der Waals surface area contributed by atoms with Crippen LogP contribution >= 0.6 is 0 Å². The Morgan fingerprint density at radius 2 is 0.651 bits per heavy atom. The number of hydrogen-bond acceptors (Lipinski definition) is 4. The largest absolute Gasteiger partial charge is 0.462 e. The number of esters is 2. The van der Waals surface area contributed by atoms with Gasteiger partial charge in [0.05, 0.1) is 0 Å². The van der Waals surface area contributed by atoms with Gasteiger partial charge in [0.15, 0.2) is 0 Å². The molecule has 1 unspecified atom stereocenters. The van der Waals surface area contributed by atoms with Crippen LogP contribution in [-0.4, -0.2) is 24.6 Å². The SMILES string of the molecule is CCCCCCCCCCCCCCCCCCC(=O)OC(C)COC(=O)CCCCCCCCCCCCCCCC. The summed E-state index contributed by atoms with van der Waals surface area (Å²) in [5.74, 6) is -0.333. The number of carbonyl (C=O) groups excluding carboxylic acids is 2. The zero-order valence-electron chi connectivity index (χ0n) is 29.5. The quantitative estimate of drug-likeness (QED) is 0.0530. The molecule has 0 aliphatic rings. The molecular formula is C39H76O4. The standard InChI is InChI=1S/C39H76O4/c1-4-6-8-10-12-14-16-18-20-21-23-25-27-29-31-33-35-39(41)43-37(3)36-42-38(40)34-32-30-28-26-24-22-19-17-15-13-11-9-7-5-2/h37H,4-36H2,1-3H3. The van der Waals surface area contributed by atoms with Gasteiger partial charge in [-0.25, -0.2) is 0 Å². The van der Waals surface area contributed by atoms with Crippen LogP contribution in [0.3, 0.4) is 0 Å². The van der Waals surface area contributed by atoms with Crippen molar-refractivity contribution in [2.45, 2.75) is 232 Å². The highest BCUT2D eigenvalue weighted by Crippen LogP contribution is 2.15. The van der Waals surface area contributed by atoms with Gasteiger partial charge in [-0.2, -0.15) is 0 Å². The van der Waals surface area contributed by atoms with Crippen LogP contribution in [0.15, 0.2) is 0 Å². The number of unbranched alkanes of at least 4 members (excludes halogenated alkanes) is 28. The molecule has 0 N–H and O–H groups in total. The lowest BCUT2D eigenvalue weighted by Gasteiger charge is -2.13. The second-order valence-corrected chi connectivity index (χ2v) is 13.4. The lowest BCUT2D eigenvalue weighted by Crippen LogP contribution is -2.22. The van der Waals surface area contributed by atoms with E-state index in [4.69, 9.17) is 9.47 Å². The molecule has 4 nitrogen and oxygen atoms in total. The summed E-state index contributed by atoms with van der Waals surface area (Å²) in [5.41, 5.74) is 0. The molecule has 0 aromatic rings. The van der Waals surface area contributed by atoms with Crippen molar-refractivity contribution >= 4 is 11.9 Å². The van der Waals surface area contributed by atoms with Crippen molar-refractivity contribution in [2.75, 3.05) is 6.61 Å². The Kier molecular flexibility index (Phi) is 34.5. The summed E-state index contributed by atoms with van der Waals surface area (Å²) in [6.45, 7) is 6.53. The van der Waals surface area contributed by atoms with Gasteiger partial charge in [0.25, 0.3) is 0 Å². The monoisotopic (exact) mass is 609 g/mol. The average Bonchev–Trinajstić information content (AvgIpc) is 3.00. The fourth-order valence-corrected chi connectivity index (χ4v) is 5.88. The second-order valence-electron chi connectivity index (χ2n) is 13.4. The maximum absolute atomic E-state index is 12.1. The molecule has 0 saturated carbocycles. The van der Waals surface area contributed by atoms with Crippen molar-refractivity contribution in [3.8, 4) is 0 Å². The van der Waals surface area contributed by atoms with E-state index in [0.717, 1.165) is 25.7 Å². The van der Waals surface area contributed by atoms with Crippen LogP contribution in [0.25, 0.3) is 0 Å². The molecule has 0 heterocycles. The molecule has 0 aromatic carbocycles. The first-order valence-electron chi connectivity index (χ1n) is 19.4. The third-order valence-corrected chi connectivity index (χ3v) is 8.78. The molecule has 0 fully saturated rings. The van der Waals surface area contributed by atoms with E-state index >= 15 is 0 Å². The molecule has 0 saturated heterocycles. The summed E-state index contributed by atoms with van der Waals surface area (Å²) in [5, 5.41) is 0. The van der Waals surface area contributed by atoms with Crippen LogP contribution < -0.4 is 0 Å². The summed E-state index contributed by atoms with van der Waals surface area (Å²) in [6, 6.07) is 0. The normalized spacial score (nSPS) is 12.0. The third-order valence-electron chi connectivity index (χ3n) is 8.78. The number of rotatable bonds is 35. The predicted octanol–water partition coefficient (Wildman–Crippen LogP) is 13.0. The molecule has 0 amide bonds. The zero-order valence-corrected chi connectivity index (χ0v) is 29.5. The van der Waals surface area contributed by atoms with E-state index in [1.54, 1.807) is 0 Å². The first-order valence-corrected chi connectivity index (χ1v) is 19.4. The second kappa shape index (κ2) is 35.4. The van der Waals surface area contributed by atoms with E-state index in [1.807, 2.05) is 6.92 Å². The summed E-state index contributed by atoms with van der Waals surface area (Å²) in [4.78, 5) is 24.1. The van der Waals surface area contributed by atoms with Gasteiger partial charge < -0.3 is 9.47 Å². The first-order chi connectivity index (χ1) is 21.1. The van der Waals surface area contributed by atoms with Gasteiger partial charge in [0.2, 0.25) is 0 Å². The lowest BCUT2D eigenvalue weighted by atomic mass is 10.0. The van der Waals surface area contributed by atoms with Gasteiger partial charge in [0, 0.05) is 12.8 Å². The predicted molar refractivity (Wildman–Crippen MR) is 186 cm³/mol. The first kappa shape index (κ1) is 41.9. The van der Waals surface area contributed by atoms with Gasteiger partial charge in [-0.05, 0) is 19.8 Å². The van der Waals surface area contributed by atoms with Crippen molar-refractivity contribution in [1.29, 1.82) is 0 Å². The van der Waals surface area contributed by atoms with E-state index < -0.39 is 0 Å². The lowest BCUT2D eigenvalue weighted by molar-refractivity contribution is -0.158. The Hall–Kier alpha value is -1.06. The number of hydrogen-bond donors (Lipinski definition) is 0. The van der Waals surface area contributed by atoms with E-state index in [-0.39, 0.29) is 24.6 Å². The smallest absolute Gasteiger partial charge is 0.306 e. The molecule has 43 heavy (non-hydrogen) atoms. The summed E-state index contributed by atoms with van der Waals surface area (Å²) in [6.07, 6.45) is 40.1. The summed E-state index contributed by atoms with van der Waals surface area (Å²) < 4.78 is 10.8. The minimum Gasteiger partial charge on any atom is -0.462 e. The van der Waals surface area contributed by atoms with Crippen molar-refractivity contribution in [2.24, 2.45) is 0 Å². The Bertz CT molecular complexity index is 576. The third kappa shape index (κ3) is 35.3. The van der Waals surface area contributed by atoms with Crippen LogP contribution in [0.2, 0.25) is 0 Å². The van der Waals surface area contributed by atoms with Gasteiger partial charge in [0.1, 0.15) is 12.7 Å². The maximum atomic E-state index is 12.1. The van der Waals surface area contributed by atoms with Gasteiger partial charge in [-0.1, -0.05) is 194 Å². The van der Waals surface area contributed by atoms with E-state index in [9.17, 15) is 9.59 Å². The van der Waals surface area contributed by atoms with Crippen LogP contribution in [-0.2, 0) is 19.1 Å². The van der Waals surface area contributed by atoms with Gasteiger partial charge >= 0.3 is 11.9 Å². The van der Waals surface area contributed by atoms with Crippen LogP contribution in [0, 0.1) is 0 Å². The minimum absolute atomic E-state index is 0.166. The summed E-state index contributed by atoms with van der Waals surface area (Å²) >= 11 is 0. The van der Waals surface area contributed by atoms with Crippen molar-refractivity contribution in [3.05, 3.63) is 0 Å². The zero-order chi connectivity index (χ0) is 31.5. The van der Waals surface area contributed by atoms with Crippen LogP contribution in [0.5, 0.6) is 0 Å². The number of ether oxygens (including phenoxy) is 2. The summed E-state index contributed by atoms with van der Waals surface area (Å²) in [7, 11) is 0. The molecule has 0 aliphatic heterocycles. The van der Waals surface area contributed by atoms with E-state index in [2.05, 4.69) is 13.8 Å². The highest BCUT2D eigenvalue weighted by Gasteiger charge is 2.12. The molecule has 0 radical (unpaired) electrons. The molecule has 256 valence electrons. The van der Waals surface area contributed by atoms with Crippen LogP contribution in [0.1, 0.15) is 226 Å². The molecule has 1 atom stereocenters. The van der Waals surface area contributed by atoms with Crippen LogP contribution in [0.4, 0.5) is 0 Å². The minimum atomic E-state index is -0.367. The number of carbonyl (C=O) groups is 2. The molecule has 4 heteroatoms. The molecular weight excluding hydrogens is 532 g/mol. The highest BCUT2D eigenvalue weighted by atomic mass is 16.6. The molecule has 0 aromatic heterocycles. The fourth-order valence-electron chi connectivity index (χ4n) is 5.88.